The SMILES string of the molecule is CCc1nc(-n2c(=O)[nH]c(=O)c3ccccc32)sc1-c1csc2c(=O)cc(C)oc12. The summed E-state index contributed by atoms with van der Waals surface area (Å²) in [5, 5.41) is 2.75. The highest BCUT2D eigenvalue weighted by molar-refractivity contribution is 7.20. The van der Waals surface area contributed by atoms with E-state index in [2.05, 4.69) is 4.98 Å². The van der Waals surface area contributed by atoms with E-state index in [-0.39, 0.29) is 5.43 Å². The van der Waals surface area contributed by atoms with Crippen molar-refractivity contribution in [3.63, 3.8) is 0 Å². The second-order valence-electron chi connectivity index (χ2n) is 6.77. The molecule has 7 nitrogen and oxygen atoms in total. The van der Waals surface area contributed by atoms with Crippen molar-refractivity contribution in [3.05, 3.63) is 78.2 Å². The molecular weight excluding hydrogens is 422 g/mol. The Morgan fingerprint density at radius 1 is 1.20 bits per heavy atom. The molecule has 0 aliphatic rings. The Morgan fingerprint density at radius 2 is 2.00 bits per heavy atom. The molecule has 30 heavy (non-hydrogen) atoms. The second-order valence-corrected chi connectivity index (χ2v) is 8.62. The molecule has 4 heterocycles. The van der Waals surface area contributed by atoms with Gasteiger partial charge in [-0.05, 0) is 25.5 Å². The van der Waals surface area contributed by atoms with Gasteiger partial charge in [-0.3, -0.25) is 14.6 Å². The number of H-pyrrole nitrogens is 1. The molecule has 0 saturated carbocycles. The maximum atomic E-state index is 12.7. The van der Waals surface area contributed by atoms with Crippen molar-refractivity contribution in [1.82, 2.24) is 14.5 Å². The number of aromatic nitrogens is 3. The average molecular weight is 438 g/mol. The van der Waals surface area contributed by atoms with E-state index >= 15 is 0 Å². The van der Waals surface area contributed by atoms with Gasteiger partial charge >= 0.3 is 5.69 Å². The van der Waals surface area contributed by atoms with Gasteiger partial charge in [-0.15, -0.1) is 11.3 Å². The Balaban J connectivity index is 1.81. The lowest BCUT2D eigenvalue weighted by Gasteiger charge is -2.05. The number of thiazole rings is 1. The molecule has 5 aromatic rings. The van der Waals surface area contributed by atoms with Crippen molar-refractivity contribution in [3.8, 4) is 15.6 Å². The number of benzene rings is 1. The van der Waals surface area contributed by atoms with Gasteiger partial charge in [0, 0.05) is 17.0 Å². The van der Waals surface area contributed by atoms with E-state index in [1.54, 1.807) is 31.2 Å². The number of fused-ring (bicyclic) bond motifs is 2. The molecule has 0 bridgehead atoms. The van der Waals surface area contributed by atoms with Crippen molar-refractivity contribution >= 4 is 43.9 Å². The van der Waals surface area contributed by atoms with Crippen LogP contribution >= 0.6 is 22.7 Å². The first kappa shape index (κ1) is 18.7. The van der Waals surface area contributed by atoms with Crippen LogP contribution in [0.15, 0.2) is 54.5 Å². The monoisotopic (exact) mass is 437 g/mol. The summed E-state index contributed by atoms with van der Waals surface area (Å²) < 4.78 is 7.84. The molecule has 0 saturated heterocycles. The molecule has 0 amide bonds. The Hall–Kier alpha value is -3.30. The fraction of sp³-hybridized carbons (Fsp3) is 0.143. The molecule has 4 aromatic heterocycles. The van der Waals surface area contributed by atoms with Gasteiger partial charge in [-0.25, -0.2) is 14.3 Å². The third kappa shape index (κ3) is 2.78. The van der Waals surface area contributed by atoms with Gasteiger partial charge in [-0.1, -0.05) is 30.4 Å². The minimum absolute atomic E-state index is 0.0735. The lowest BCUT2D eigenvalue weighted by Crippen LogP contribution is -2.29. The van der Waals surface area contributed by atoms with Crippen LogP contribution in [-0.4, -0.2) is 14.5 Å². The molecule has 0 radical (unpaired) electrons. The molecule has 1 aromatic carbocycles. The van der Waals surface area contributed by atoms with Crippen LogP contribution in [0.25, 0.3) is 36.8 Å². The topological polar surface area (TPSA) is 98.0 Å². The van der Waals surface area contributed by atoms with Crippen LogP contribution in [0, 0.1) is 6.92 Å². The van der Waals surface area contributed by atoms with E-state index in [4.69, 9.17) is 9.40 Å². The Bertz CT molecular complexity index is 1620. The van der Waals surface area contributed by atoms with Gasteiger partial charge in [0.05, 0.1) is 21.5 Å². The van der Waals surface area contributed by atoms with Gasteiger partial charge in [0.1, 0.15) is 10.5 Å². The van der Waals surface area contributed by atoms with Crippen LogP contribution in [0.3, 0.4) is 0 Å². The summed E-state index contributed by atoms with van der Waals surface area (Å²) in [6.45, 7) is 3.72. The maximum absolute atomic E-state index is 12.7. The molecule has 0 aliphatic carbocycles. The lowest BCUT2D eigenvalue weighted by molar-refractivity contribution is 0.567. The third-order valence-electron chi connectivity index (χ3n) is 4.84. The summed E-state index contributed by atoms with van der Waals surface area (Å²) in [6.07, 6.45) is 0.634. The van der Waals surface area contributed by atoms with E-state index in [1.807, 2.05) is 12.3 Å². The molecule has 150 valence electrons. The summed E-state index contributed by atoms with van der Waals surface area (Å²) in [6, 6.07) is 8.40. The normalized spacial score (nSPS) is 11.5. The summed E-state index contributed by atoms with van der Waals surface area (Å²) in [5.74, 6) is 0.540. The first-order chi connectivity index (χ1) is 14.5. The predicted molar refractivity (Wildman–Crippen MR) is 119 cm³/mol. The molecule has 0 unspecified atom stereocenters. The number of hydrogen-bond acceptors (Lipinski definition) is 7. The average Bonchev–Trinajstić information content (AvgIpc) is 3.32. The molecule has 9 heteroatoms. The van der Waals surface area contributed by atoms with E-state index in [9.17, 15) is 14.4 Å². The predicted octanol–water partition coefficient (Wildman–Crippen LogP) is 3.84. The zero-order valence-corrected chi connectivity index (χ0v) is 17.6. The van der Waals surface area contributed by atoms with Gasteiger partial charge < -0.3 is 4.42 Å². The zero-order valence-electron chi connectivity index (χ0n) is 16.0. The first-order valence-corrected chi connectivity index (χ1v) is 10.9. The molecule has 0 atom stereocenters. The number of aryl methyl sites for hydroxylation is 2. The van der Waals surface area contributed by atoms with Gasteiger partial charge in [0.2, 0.25) is 5.43 Å². The van der Waals surface area contributed by atoms with Crippen molar-refractivity contribution in [1.29, 1.82) is 0 Å². The van der Waals surface area contributed by atoms with Crippen molar-refractivity contribution < 1.29 is 4.42 Å². The minimum Gasteiger partial charge on any atom is -0.460 e. The Labute approximate surface area is 176 Å². The molecular formula is C21H15N3O4S2. The number of aromatic amines is 1. The highest BCUT2D eigenvalue weighted by Gasteiger charge is 2.21. The molecule has 0 aliphatic heterocycles. The summed E-state index contributed by atoms with van der Waals surface area (Å²) >= 11 is 2.66. The minimum atomic E-state index is -0.542. The Kier molecular flexibility index (Phi) is 4.30. The largest absolute Gasteiger partial charge is 0.460 e. The van der Waals surface area contributed by atoms with E-state index in [0.29, 0.717) is 38.5 Å². The Morgan fingerprint density at radius 3 is 2.80 bits per heavy atom. The highest BCUT2D eigenvalue weighted by Crippen LogP contribution is 2.39. The molecule has 0 fully saturated rings. The lowest BCUT2D eigenvalue weighted by atomic mass is 10.2. The molecule has 1 N–H and O–H groups in total. The van der Waals surface area contributed by atoms with E-state index < -0.39 is 11.2 Å². The van der Waals surface area contributed by atoms with Crippen LogP contribution in [0.2, 0.25) is 0 Å². The van der Waals surface area contributed by atoms with Gasteiger partial charge in [-0.2, -0.15) is 0 Å². The maximum Gasteiger partial charge on any atom is 0.335 e. The summed E-state index contributed by atoms with van der Waals surface area (Å²) in [7, 11) is 0. The van der Waals surface area contributed by atoms with Crippen LogP contribution < -0.4 is 16.7 Å². The van der Waals surface area contributed by atoms with Crippen molar-refractivity contribution in [2.24, 2.45) is 0 Å². The van der Waals surface area contributed by atoms with Crippen LogP contribution in [-0.2, 0) is 6.42 Å². The van der Waals surface area contributed by atoms with Crippen LogP contribution in [0.5, 0.6) is 0 Å². The summed E-state index contributed by atoms with van der Waals surface area (Å²) in [5.41, 5.74) is 1.56. The smallest absolute Gasteiger partial charge is 0.335 e. The number of nitrogens with zero attached hydrogens (tertiary/aromatic N) is 2. The zero-order chi connectivity index (χ0) is 21.0. The summed E-state index contributed by atoms with van der Waals surface area (Å²) in [4.78, 5) is 45.1. The van der Waals surface area contributed by atoms with Gasteiger partial charge in [0.25, 0.3) is 5.56 Å². The highest BCUT2D eigenvalue weighted by atomic mass is 32.1. The van der Waals surface area contributed by atoms with Crippen molar-refractivity contribution in [2.45, 2.75) is 20.3 Å². The number of nitrogens with one attached hydrogen (secondary N) is 1. The first-order valence-electron chi connectivity index (χ1n) is 9.24. The molecule has 5 rings (SSSR count). The molecule has 0 spiro atoms. The van der Waals surface area contributed by atoms with E-state index in [0.717, 1.165) is 16.1 Å². The second kappa shape index (κ2) is 6.89. The standard InChI is InChI=1S/C21H15N3O4S2/c1-3-13-17(12-9-29-18-15(25)8-10(2)28-16(12)18)30-21(22-13)24-14-7-5-4-6-11(14)19(26)23-20(24)27/h4-9H,3H2,1-2H3,(H,23,26,27). The fourth-order valence-electron chi connectivity index (χ4n) is 3.48. The number of hydrogen-bond donors (Lipinski definition) is 1. The van der Waals surface area contributed by atoms with E-state index in [1.165, 1.54) is 33.3 Å². The van der Waals surface area contributed by atoms with Crippen molar-refractivity contribution in [2.75, 3.05) is 0 Å². The number of rotatable bonds is 3. The third-order valence-corrected chi connectivity index (χ3v) is 6.93. The number of thiophene rings is 1. The number of para-hydroxylation sites is 1. The fourth-order valence-corrected chi connectivity index (χ4v) is 5.63. The quantitative estimate of drug-likeness (QED) is 0.462. The van der Waals surface area contributed by atoms with Gasteiger partial charge in [0.15, 0.2) is 10.7 Å². The van der Waals surface area contributed by atoms with Crippen LogP contribution in [0.1, 0.15) is 18.4 Å². The van der Waals surface area contributed by atoms with Crippen LogP contribution in [0.4, 0.5) is 0 Å².